The second-order valence-electron chi connectivity index (χ2n) is 4.22. The molecular formula is C12H15NO2S. The van der Waals surface area contributed by atoms with Crippen LogP contribution in [0.25, 0.3) is 10.9 Å². The first-order valence-electron chi connectivity index (χ1n) is 5.27. The van der Waals surface area contributed by atoms with Gasteiger partial charge in [0.25, 0.3) is 0 Å². The molecule has 3 nitrogen and oxygen atoms in total. The third-order valence-electron chi connectivity index (χ3n) is 2.75. The van der Waals surface area contributed by atoms with Crippen LogP contribution in [0.1, 0.15) is 19.4 Å². The summed E-state index contributed by atoms with van der Waals surface area (Å²) in [7, 11) is -3.03. The summed E-state index contributed by atoms with van der Waals surface area (Å²) in [4.78, 5) is 3.09. The van der Waals surface area contributed by atoms with Gasteiger partial charge in [0.2, 0.25) is 0 Å². The molecule has 0 aliphatic rings. The SMILES string of the molecule is CC(C)S(=O)(=O)Cc1c[nH]c2ccccc12. The monoisotopic (exact) mass is 237 g/mol. The number of rotatable bonds is 3. The van der Waals surface area contributed by atoms with E-state index in [9.17, 15) is 8.42 Å². The van der Waals surface area contributed by atoms with Crippen LogP contribution in [0, 0.1) is 0 Å². The van der Waals surface area contributed by atoms with E-state index >= 15 is 0 Å². The Bertz CT molecular complexity index is 596. The van der Waals surface area contributed by atoms with E-state index in [-0.39, 0.29) is 11.0 Å². The molecule has 86 valence electrons. The number of aromatic amines is 1. The van der Waals surface area contributed by atoms with Gasteiger partial charge >= 0.3 is 0 Å². The molecule has 1 heterocycles. The fraction of sp³-hybridized carbons (Fsp3) is 0.333. The molecule has 0 unspecified atom stereocenters. The first kappa shape index (κ1) is 11.2. The van der Waals surface area contributed by atoms with Crippen LogP contribution in [-0.2, 0) is 15.6 Å². The van der Waals surface area contributed by atoms with Crippen molar-refractivity contribution in [3.8, 4) is 0 Å². The molecule has 0 saturated carbocycles. The summed E-state index contributed by atoms with van der Waals surface area (Å²) < 4.78 is 23.7. The van der Waals surface area contributed by atoms with Crippen molar-refractivity contribution < 1.29 is 8.42 Å². The fourth-order valence-corrected chi connectivity index (χ4v) is 2.64. The zero-order valence-corrected chi connectivity index (χ0v) is 10.2. The molecule has 16 heavy (non-hydrogen) atoms. The second-order valence-corrected chi connectivity index (χ2v) is 6.77. The maximum absolute atomic E-state index is 11.8. The molecule has 0 amide bonds. The Balaban J connectivity index is 2.43. The lowest BCUT2D eigenvalue weighted by Crippen LogP contribution is -2.15. The molecule has 0 aliphatic heterocycles. The Hall–Kier alpha value is -1.29. The Morgan fingerprint density at radius 3 is 2.62 bits per heavy atom. The molecule has 0 saturated heterocycles. The molecule has 0 fully saturated rings. The summed E-state index contributed by atoms with van der Waals surface area (Å²) in [6.07, 6.45) is 1.78. The molecule has 0 radical (unpaired) electrons. The van der Waals surface area contributed by atoms with Gasteiger partial charge in [0, 0.05) is 17.1 Å². The van der Waals surface area contributed by atoms with Crippen LogP contribution in [0.3, 0.4) is 0 Å². The van der Waals surface area contributed by atoms with E-state index in [1.54, 1.807) is 20.0 Å². The maximum Gasteiger partial charge on any atom is 0.156 e. The van der Waals surface area contributed by atoms with E-state index in [2.05, 4.69) is 4.98 Å². The van der Waals surface area contributed by atoms with Gasteiger partial charge in [-0.2, -0.15) is 0 Å². The van der Waals surface area contributed by atoms with Gasteiger partial charge in [0.05, 0.1) is 11.0 Å². The van der Waals surface area contributed by atoms with Crippen LogP contribution < -0.4 is 0 Å². The van der Waals surface area contributed by atoms with Gasteiger partial charge in [0.1, 0.15) is 0 Å². The predicted octanol–water partition coefficient (Wildman–Crippen LogP) is 2.49. The number of hydrogen-bond acceptors (Lipinski definition) is 2. The minimum absolute atomic E-state index is 0.106. The second kappa shape index (κ2) is 3.94. The molecule has 0 atom stereocenters. The molecule has 2 rings (SSSR count). The normalized spacial score (nSPS) is 12.4. The van der Waals surface area contributed by atoms with Crippen molar-refractivity contribution in [1.29, 1.82) is 0 Å². The largest absolute Gasteiger partial charge is 0.361 e. The van der Waals surface area contributed by atoms with Crippen LogP contribution in [0.5, 0.6) is 0 Å². The zero-order chi connectivity index (χ0) is 11.8. The standard InChI is InChI=1S/C12H15NO2S/c1-9(2)16(14,15)8-10-7-13-12-6-4-3-5-11(10)12/h3-7,9,13H,8H2,1-2H3. The first-order valence-corrected chi connectivity index (χ1v) is 6.99. The van der Waals surface area contributed by atoms with Crippen molar-refractivity contribution in [2.75, 3.05) is 0 Å². The molecule has 0 aliphatic carbocycles. The molecule has 2 aromatic rings. The minimum Gasteiger partial charge on any atom is -0.361 e. The fourth-order valence-electron chi connectivity index (χ4n) is 1.63. The van der Waals surface area contributed by atoms with E-state index in [1.807, 2.05) is 24.3 Å². The Morgan fingerprint density at radius 1 is 1.25 bits per heavy atom. The Morgan fingerprint density at radius 2 is 1.94 bits per heavy atom. The Kier molecular flexibility index (Phi) is 2.76. The van der Waals surface area contributed by atoms with Gasteiger partial charge in [-0.15, -0.1) is 0 Å². The third-order valence-corrected chi connectivity index (χ3v) is 4.90. The molecule has 0 bridgehead atoms. The van der Waals surface area contributed by atoms with E-state index in [4.69, 9.17) is 0 Å². The van der Waals surface area contributed by atoms with Crippen molar-refractivity contribution in [3.63, 3.8) is 0 Å². The van der Waals surface area contributed by atoms with Crippen LogP contribution >= 0.6 is 0 Å². The van der Waals surface area contributed by atoms with Crippen molar-refractivity contribution >= 4 is 20.7 Å². The molecule has 1 aromatic carbocycles. The lowest BCUT2D eigenvalue weighted by molar-refractivity contribution is 0.586. The van der Waals surface area contributed by atoms with Crippen LogP contribution in [0.4, 0.5) is 0 Å². The number of benzene rings is 1. The van der Waals surface area contributed by atoms with E-state index in [0.29, 0.717) is 0 Å². The van der Waals surface area contributed by atoms with Gasteiger partial charge in [-0.3, -0.25) is 0 Å². The van der Waals surface area contributed by atoms with Gasteiger partial charge in [0.15, 0.2) is 9.84 Å². The van der Waals surface area contributed by atoms with Crippen molar-refractivity contribution in [3.05, 3.63) is 36.0 Å². The highest BCUT2D eigenvalue weighted by Gasteiger charge is 2.18. The number of aromatic nitrogens is 1. The third kappa shape index (κ3) is 1.97. The first-order chi connectivity index (χ1) is 7.50. The van der Waals surface area contributed by atoms with Gasteiger partial charge in [-0.1, -0.05) is 18.2 Å². The quantitative estimate of drug-likeness (QED) is 0.891. The maximum atomic E-state index is 11.8. The molecule has 1 aromatic heterocycles. The summed E-state index contributed by atoms with van der Waals surface area (Å²) in [6, 6.07) is 7.74. The Labute approximate surface area is 95.4 Å². The lowest BCUT2D eigenvalue weighted by atomic mass is 10.2. The van der Waals surface area contributed by atoms with Crippen molar-refractivity contribution in [2.45, 2.75) is 24.9 Å². The minimum atomic E-state index is -3.03. The van der Waals surface area contributed by atoms with E-state index in [1.165, 1.54) is 0 Å². The van der Waals surface area contributed by atoms with Gasteiger partial charge < -0.3 is 4.98 Å². The highest BCUT2D eigenvalue weighted by atomic mass is 32.2. The molecule has 4 heteroatoms. The number of hydrogen-bond donors (Lipinski definition) is 1. The summed E-state index contributed by atoms with van der Waals surface area (Å²) in [5, 5.41) is 0.660. The summed E-state index contributed by atoms with van der Waals surface area (Å²) in [5.74, 6) is 0.106. The molecule has 0 spiro atoms. The zero-order valence-electron chi connectivity index (χ0n) is 9.40. The van der Waals surface area contributed by atoms with Crippen molar-refractivity contribution in [1.82, 2.24) is 4.98 Å². The number of fused-ring (bicyclic) bond motifs is 1. The highest BCUT2D eigenvalue weighted by Crippen LogP contribution is 2.21. The summed E-state index contributed by atoms with van der Waals surface area (Å²) in [5.41, 5.74) is 1.83. The van der Waals surface area contributed by atoms with Gasteiger partial charge in [-0.05, 0) is 25.5 Å². The van der Waals surface area contributed by atoms with E-state index < -0.39 is 9.84 Å². The van der Waals surface area contributed by atoms with Crippen LogP contribution in [0.15, 0.2) is 30.5 Å². The van der Waals surface area contributed by atoms with Gasteiger partial charge in [-0.25, -0.2) is 8.42 Å². The number of para-hydroxylation sites is 1. The number of nitrogens with one attached hydrogen (secondary N) is 1. The lowest BCUT2D eigenvalue weighted by Gasteiger charge is -2.06. The van der Waals surface area contributed by atoms with Crippen LogP contribution in [0.2, 0.25) is 0 Å². The average molecular weight is 237 g/mol. The summed E-state index contributed by atoms with van der Waals surface area (Å²) >= 11 is 0. The highest BCUT2D eigenvalue weighted by molar-refractivity contribution is 7.91. The summed E-state index contributed by atoms with van der Waals surface area (Å²) in [6.45, 7) is 3.42. The van der Waals surface area contributed by atoms with E-state index in [0.717, 1.165) is 16.5 Å². The molecular weight excluding hydrogens is 222 g/mol. The smallest absolute Gasteiger partial charge is 0.156 e. The number of sulfone groups is 1. The number of H-pyrrole nitrogens is 1. The average Bonchev–Trinajstić information content (AvgIpc) is 2.61. The molecule has 1 N–H and O–H groups in total. The van der Waals surface area contributed by atoms with Crippen molar-refractivity contribution in [2.24, 2.45) is 0 Å². The van der Waals surface area contributed by atoms with Crippen LogP contribution in [-0.4, -0.2) is 18.7 Å². The topological polar surface area (TPSA) is 49.9 Å². The predicted molar refractivity (Wildman–Crippen MR) is 66.1 cm³/mol.